The molecule has 1 saturated carbocycles. The molecule has 0 atom stereocenters. The fourth-order valence-electron chi connectivity index (χ4n) is 2.97. The molecule has 0 radical (unpaired) electrons. The monoisotopic (exact) mass is 388 g/mol. The third-order valence-electron chi connectivity index (χ3n) is 4.65. The van der Waals surface area contributed by atoms with Crippen molar-refractivity contribution in [1.29, 1.82) is 0 Å². The predicted octanol–water partition coefficient (Wildman–Crippen LogP) is 4.23. The standard InChI is InChI=1S/C21H28N2O3S/c1-15(2)18-6-4-5-7-19(18)26-13-20-22-17(14-27-20)12-23(10-11-25-3)21(24)16-8-9-16/h4-7,14-16H,8-13H2,1-3H3. The van der Waals surface area contributed by atoms with Crippen LogP contribution in [-0.4, -0.2) is 36.1 Å². The molecule has 1 aliphatic rings. The van der Waals surface area contributed by atoms with E-state index in [4.69, 9.17) is 9.47 Å². The van der Waals surface area contributed by atoms with E-state index in [1.807, 2.05) is 28.5 Å². The zero-order valence-corrected chi connectivity index (χ0v) is 17.1. The van der Waals surface area contributed by atoms with Crippen LogP contribution >= 0.6 is 11.3 Å². The summed E-state index contributed by atoms with van der Waals surface area (Å²) >= 11 is 1.58. The lowest BCUT2D eigenvalue weighted by Crippen LogP contribution is -2.34. The Balaban J connectivity index is 1.59. The van der Waals surface area contributed by atoms with Gasteiger partial charge in [-0.3, -0.25) is 4.79 Å². The third kappa shape index (κ3) is 5.53. The summed E-state index contributed by atoms with van der Waals surface area (Å²) in [5.74, 6) is 1.75. The number of para-hydroxylation sites is 1. The van der Waals surface area contributed by atoms with Gasteiger partial charge in [0.05, 0.1) is 18.8 Å². The van der Waals surface area contributed by atoms with Crippen LogP contribution in [0.1, 0.15) is 48.9 Å². The van der Waals surface area contributed by atoms with E-state index in [1.165, 1.54) is 5.56 Å². The van der Waals surface area contributed by atoms with Crippen molar-refractivity contribution in [3.63, 3.8) is 0 Å². The maximum Gasteiger partial charge on any atom is 0.226 e. The molecule has 0 saturated heterocycles. The molecule has 0 aliphatic heterocycles. The van der Waals surface area contributed by atoms with Gasteiger partial charge in [0.1, 0.15) is 17.4 Å². The Labute approximate surface area is 165 Å². The van der Waals surface area contributed by atoms with Crippen LogP contribution in [0.15, 0.2) is 29.6 Å². The Morgan fingerprint density at radius 3 is 2.81 bits per heavy atom. The lowest BCUT2D eigenvalue weighted by molar-refractivity contribution is -0.133. The molecule has 1 fully saturated rings. The van der Waals surface area contributed by atoms with E-state index < -0.39 is 0 Å². The van der Waals surface area contributed by atoms with Crippen LogP contribution in [0.4, 0.5) is 0 Å². The third-order valence-corrected chi connectivity index (χ3v) is 5.52. The molecule has 1 amide bonds. The minimum absolute atomic E-state index is 0.204. The van der Waals surface area contributed by atoms with Crippen molar-refractivity contribution in [3.05, 3.63) is 45.9 Å². The molecule has 2 aromatic rings. The van der Waals surface area contributed by atoms with Gasteiger partial charge in [-0.05, 0) is 30.4 Å². The van der Waals surface area contributed by atoms with Crippen molar-refractivity contribution in [2.24, 2.45) is 5.92 Å². The van der Waals surface area contributed by atoms with E-state index >= 15 is 0 Å². The van der Waals surface area contributed by atoms with Gasteiger partial charge in [-0.2, -0.15) is 0 Å². The highest BCUT2D eigenvalue weighted by molar-refractivity contribution is 7.09. The highest BCUT2D eigenvalue weighted by Crippen LogP contribution is 2.31. The van der Waals surface area contributed by atoms with Crippen LogP contribution in [-0.2, 0) is 22.7 Å². The van der Waals surface area contributed by atoms with Gasteiger partial charge < -0.3 is 14.4 Å². The number of ether oxygens (including phenoxy) is 2. The molecule has 1 heterocycles. The van der Waals surface area contributed by atoms with Crippen molar-refractivity contribution >= 4 is 17.2 Å². The fraction of sp³-hybridized carbons (Fsp3) is 0.524. The molecule has 6 heteroatoms. The Morgan fingerprint density at radius 1 is 1.33 bits per heavy atom. The van der Waals surface area contributed by atoms with Crippen molar-refractivity contribution in [1.82, 2.24) is 9.88 Å². The Bertz CT molecular complexity index is 755. The SMILES string of the molecule is COCCN(Cc1csc(COc2ccccc2C(C)C)n1)C(=O)C1CC1. The second-order valence-electron chi connectivity index (χ2n) is 7.24. The fourth-order valence-corrected chi connectivity index (χ4v) is 3.67. The number of rotatable bonds is 10. The van der Waals surface area contributed by atoms with Crippen molar-refractivity contribution in [2.75, 3.05) is 20.3 Å². The van der Waals surface area contributed by atoms with Gasteiger partial charge in [0, 0.05) is 25.0 Å². The second-order valence-corrected chi connectivity index (χ2v) is 8.18. The number of carbonyl (C=O) groups is 1. The van der Waals surface area contributed by atoms with E-state index in [2.05, 4.69) is 24.9 Å². The summed E-state index contributed by atoms with van der Waals surface area (Å²) < 4.78 is 11.2. The van der Waals surface area contributed by atoms with Gasteiger partial charge in [-0.15, -0.1) is 11.3 Å². The predicted molar refractivity (Wildman–Crippen MR) is 107 cm³/mol. The van der Waals surface area contributed by atoms with E-state index in [0.717, 1.165) is 29.3 Å². The lowest BCUT2D eigenvalue weighted by Gasteiger charge is -2.21. The molecule has 1 aliphatic carbocycles. The molecule has 0 bridgehead atoms. The van der Waals surface area contributed by atoms with E-state index in [-0.39, 0.29) is 11.8 Å². The smallest absolute Gasteiger partial charge is 0.226 e. The highest BCUT2D eigenvalue weighted by Gasteiger charge is 2.33. The first-order chi connectivity index (χ1) is 13.1. The van der Waals surface area contributed by atoms with E-state index in [1.54, 1.807) is 18.4 Å². The molecule has 1 aromatic carbocycles. The maximum atomic E-state index is 12.5. The van der Waals surface area contributed by atoms with Crippen LogP contribution in [0.25, 0.3) is 0 Å². The van der Waals surface area contributed by atoms with Crippen LogP contribution < -0.4 is 4.74 Å². The molecule has 3 rings (SSSR count). The normalized spacial score (nSPS) is 13.8. The number of nitrogens with zero attached hydrogens (tertiary/aromatic N) is 2. The molecule has 0 N–H and O–H groups in total. The van der Waals surface area contributed by atoms with Crippen LogP contribution in [0.3, 0.4) is 0 Å². The highest BCUT2D eigenvalue weighted by atomic mass is 32.1. The number of methoxy groups -OCH3 is 1. The zero-order chi connectivity index (χ0) is 19.2. The number of thiazole rings is 1. The molecular weight excluding hydrogens is 360 g/mol. The average Bonchev–Trinajstić information content (AvgIpc) is 3.43. The molecule has 5 nitrogen and oxygen atoms in total. The summed E-state index contributed by atoms with van der Waals surface area (Å²) in [7, 11) is 1.66. The van der Waals surface area contributed by atoms with Gasteiger partial charge in [-0.25, -0.2) is 4.98 Å². The van der Waals surface area contributed by atoms with Crippen LogP contribution in [0, 0.1) is 5.92 Å². The number of hydrogen-bond donors (Lipinski definition) is 0. The lowest BCUT2D eigenvalue weighted by atomic mass is 10.0. The van der Waals surface area contributed by atoms with Crippen molar-refractivity contribution in [3.8, 4) is 5.75 Å². The Morgan fingerprint density at radius 2 is 2.11 bits per heavy atom. The molecule has 0 unspecified atom stereocenters. The quantitative estimate of drug-likeness (QED) is 0.611. The summed E-state index contributed by atoms with van der Waals surface area (Å²) in [6.45, 7) is 6.46. The topological polar surface area (TPSA) is 51.7 Å². The van der Waals surface area contributed by atoms with E-state index in [9.17, 15) is 4.79 Å². The molecule has 146 valence electrons. The van der Waals surface area contributed by atoms with E-state index in [0.29, 0.717) is 32.2 Å². The van der Waals surface area contributed by atoms with Crippen molar-refractivity contribution in [2.45, 2.75) is 45.8 Å². The maximum absolute atomic E-state index is 12.5. The summed E-state index contributed by atoms with van der Waals surface area (Å²) in [6, 6.07) is 8.13. The largest absolute Gasteiger partial charge is 0.486 e. The van der Waals surface area contributed by atoms with Gasteiger partial charge in [0.2, 0.25) is 5.91 Å². The number of carbonyl (C=O) groups excluding carboxylic acids is 1. The number of aromatic nitrogens is 1. The second kappa shape index (κ2) is 9.33. The zero-order valence-electron chi connectivity index (χ0n) is 16.3. The summed E-state index contributed by atoms with van der Waals surface area (Å²) in [5, 5.41) is 2.95. The van der Waals surface area contributed by atoms with Crippen LogP contribution in [0.5, 0.6) is 5.75 Å². The summed E-state index contributed by atoms with van der Waals surface area (Å²) in [4.78, 5) is 19.0. The molecule has 0 spiro atoms. The average molecular weight is 389 g/mol. The van der Waals surface area contributed by atoms with Gasteiger partial charge in [0.15, 0.2) is 0 Å². The summed E-state index contributed by atoms with van der Waals surface area (Å²) in [6.07, 6.45) is 2.02. The first-order valence-electron chi connectivity index (χ1n) is 9.51. The Hall–Kier alpha value is -1.92. The van der Waals surface area contributed by atoms with Gasteiger partial charge in [-0.1, -0.05) is 32.0 Å². The first-order valence-corrected chi connectivity index (χ1v) is 10.4. The van der Waals surface area contributed by atoms with Crippen molar-refractivity contribution < 1.29 is 14.3 Å². The van der Waals surface area contributed by atoms with Gasteiger partial charge >= 0.3 is 0 Å². The molecule has 27 heavy (non-hydrogen) atoms. The minimum Gasteiger partial charge on any atom is -0.486 e. The first kappa shape index (κ1) is 19.8. The molecule has 1 aromatic heterocycles. The number of amides is 1. The number of benzene rings is 1. The Kier molecular flexibility index (Phi) is 6.85. The number of hydrogen-bond acceptors (Lipinski definition) is 5. The minimum atomic E-state index is 0.204. The van der Waals surface area contributed by atoms with Gasteiger partial charge in [0.25, 0.3) is 0 Å². The summed E-state index contributed by atoms with van der Waals surface area (Å²) in [5.41, 5.74) is 2.12. The molecular formula is C21H28N2O3S. The van der Waals surface area contributed by atoms with Crippen LogP contribution in [0.2, 0.25) is 0 Å².